The molecule has 10 rings (SSSR count). The van der Waals surface area contributed by atoms with Gasteiger partial charge >= 0.3 is 0 Å². The minimum absolute atomic E-state index is 0.0525. The van der Waals surface area contributed by atoms with Crippen LogP contribution in [0.3, 0.4) is 0 Å². The van der Waals surface area contributed by atoms with Gasteiger partial charge in [-0.25, -0.2) is 0 Å². The zero-order chi connectivity index (χ0) is 33.8. The molecule has 0 amide bonds. The van der Waals surface area contributed by atoms with E-state index in [1.54, 1.807) is 5.57 Å². The van der Waals surface area contributed by atoms with Crippen molar-refractivity contribution in [3.8, 4) is 5.69 Å². The molecule has 1 unspecified atom stereocenters. The van der Waals surface area contributed by atoms with E-state index in [1.807, 2.05) is 0 Å². The second-order valence-corrected chi connectivity index (χ2v) is 15.9. The van der Waals surface area contributed by atoms with Gasteiger partial charge in [0, 0.05) is 44.6 Å². The lowest BCUT2D eigenvalue weighted by atomic mass is 9.75. The van der Waals surface area contributed by atoms with Crippen molar-refractivity contribution in [3.63, 3.8) is 0 Å². The van der Waals surface area contributed by atoms with E-state index in [9.17, 15) is 0 Å². The Labute approximate surface area is 296 Å². The van der Waals surface area contributed by atoms with Crippen LogP contribution in [0.15, 0.2) is 144 Å². The maximum Gasteiger partial charge on any atom is 0.0582 e. The summed E-state index contributed by atoms with van der Waals surface area (Å²) in [4.78, 5) is 2.52. The van der Waals surface area contributed by atoms with Crippen molar-refractivity contribution in [2.45, 2.75) is 76.5 Å². The van der Waals surface area contributed by atoms with Crippen molar-refractivity contribution in [1.29, 1.82) is 0 Å². The fraction of sp³-hybridized carbons (Fsp3) is 0.250. The van der Waals surface area contributed by atoms with Gasteiger partial charge in [-0.15, -0.1) is 0 Å². The molecule has 0 N–H and O–H groups in total. The Morgan fingerprint density at radius 1 is 0.740 bits per heavy atom. The number of aromatic nitrogens is 1. The first-order valence-corrected chi connectivity index (χ1v) is 18.6. The first-order valence-electron chi connectivity index (χ1n) is 18.6. The van der Waals surface area contributed by atoms with Crippen LogP contribution in [-0.4, -0.2) is 4.57 Å². The number of benzene rings is 4. The normalized spacial score (nSPS) is 20.8. The summed E-state index contributed by atoms with van der Waals surface area (Å²) in [5.41, 5.74) is 17.8. The molecule has 0 saturated carbocycles. The summed E-state index contributed by atoms with van der Waals surface area (Å²) in [6.45, 7) is 9.65. The third-order valence-corrected chi connectivity index (χ3v) is 12.5. The molecule has 1 atom stereocenters. The van der Waals surface area contributed by atoms with Gasteiger partial charge in [0.15, 0.2) is 0 Å². The molecule has 4 aromatic carbocycles. The highest BCUT2D eigenvalue weighted by Gasteiger charge is 2.43. The summed E-state index contributed by atoms with van der Waals surface area (Å²) < 4.78 is 2.52. The Kier molecular flexibility index (Phi) is 6.38. The smallest absolute Gasteiger partial charge is 0.0582 e. The van der Waals surface area contributed by atoms with E-state index < -0.39 is 0 Å². The van der Waals surface area contributed by atoms with Crippen molar-refractivity contribution in [2.75, 3.05) is 4.90 Å². The maximum absolute atomic E-state index is 2.54. The second kappa shape index (κ2) is 10.7. The lowest BCUT2D eigenvalue weighted by Crippen LogP contribution is -2.26. The number of fused-ring (bicyclic) bond motifs is 8. The highest BCUT2D eigenvalue weighted by molar-refractivity contribution is 6.12. The summed E-state index contributed by atoms with van der Waals surface area (Å²) in [6.07, 6.45) is 24.3. The van der Waals surface area contributed by atoms with Crippen LogP contribution in [-0.2, 0) is 10.8 Å². The number of hydrogen-bond acceptors (Lipinski definition) is 1. The van der Waals surface area contributed by atoms with E-state index in [0.717, 1.165) is 32.1 Å². The summed E-state index contributed by atoms with van der Waals surface area (Å²) in [5, 5.41) is 2.69. The van der Waals surface area contributed by atoms with Crippen LogP contribution in [0.1, 0.15) is 93.5 Å². The van der Waals surface area contributed by atoms with E-state index in [2.05, 4.69) is 165 Å². The van der Waals surface area contributed by atoms with Crippen LogP contribution < -0.4 is 4.90 Å². The molecule has 50 heavy (non-hydrogen) atoms. The molecule has 5 aliphatic rings. The number of anilines is 1. The summed E-state index contributed by atoms with van der Waals surface area (Å²) >= 11 is 0. The lowest BCUT2D eigenvalue weighted by molar-refractivity contribution is 0.613. The first-order chi connectivity index (χ1) is 24.3. The predicted octanol–water partition coefficient (Wildman–Crippen LogP) is 12.5. The second-order valence-electron chi connectivity index (χ2n) is 15.9. The molecule has 1 aliphatic heterocycles. The number of allylic oxidation sites excluding steroid dienone is 11. The van der Waals surface area contributed by atoms with Gasteiger partial charge in [0.05, 0.1) is 16.7 Å². The molecule has 2 nitrogen and oxygen atoms in total. The fourth-order valence-corrected chi connectivity index (χ4v) is 9.86. The molecule has 2 heteroatoms. The van der Waals surface area contributed by atoms with Gasteiger partial charge in [0.1, 0.15) is 0 Å². The van der Waals surface area contributed by atoms with Crippen LogP contribution >= 0.6 is 0 Å². The molecule has 4 aliphatic carbocycles. The van der Waals surface area contributed by atoms with Gasteiger partial charge < -0.3 is 9.47 Å². The Morgan fingerprint density at radius 3 is 2.46 bits per heavy atom. The van der Waals surface area contributed by atoms with Crippen LogP contribution in [0.4, 0.5) is 5.69 Å². The number of hydrogen-bond donors (Lipinski definition) is 0. The standard InChI is InChI=1S/C48H44N2/c1-47(2)40-19-11-12-21-45(40)50-44-27-23-31(28-39(44)38-18-13-20-41(47)46(38)50)32-22-25-36-37-26-24-35(30-43(37)48(3,4)42(36)29-32)49(33-14-7-5-8-15-33)34-16-9-6-10-17-34/h5,7,9,11-14,16-24,26-30,36H,6,8,10,15,25H2,1-4H3. The molecule has 0 radical (unpaired) electrons. The summed E-state index contributed by atoms with van der Waals surface area (Å²) in [7, 11) is 0. The average Bonchev–Trinajstić information content (AvgIpc) is 3.60. The number of para-hydroxylation sites is 2. The first kappa shape index (κ1) is 29.8. The Morgan fingerprint density at radius 2 is 1.62 bits per heavy atom. The van der Waals surface area contributed by atoms with Gasteiger partial charge in [-0.3, -0.25) is 0 Å². The molecule has 0 saturated heterocycles. The highest BCUT2D eigenvalue weighted by Crippen LogP contribution is 2.56. The van der Waals surface area contributed by atoms with E-state index in [4.69, 9.17) is 0 Å². The number of nitrogens with zero attached hydrogens (tertiary/aromatic N) is 2. The van der Waals surface area contributed by atoms with Crippen molar-refractivity contribution in [1.82, 2.24) is 4.57 Å². The van der Waals surface area contributed by atoms with E-state index in [-0.39, 0.29) is 10.8 Å². The third kappa shape index (κ3) is 4.14. The van der Waals surface area contributed by atoms with Crippen LogP contribution in [0.25, 0.3) is 33.1 Å². The number of rotatable bonds is 4. The van der Waals surface area contributed by atoms with E-state index in [1.165, 1.54) is 78.0 Å². The van der Waals surface area contributed by atoms with Crippen LogP contribution in [0.5, 0.6) is 0 Å². The van der Waals surface area contributed by atoms with Gasteiger partial charge in [-0.05, 0) is 108 Å². The predicted molar refractivity (Wildman–Crippen MR) is 211 cm³/mol. The maximum atomic E-state index is 2.54. The van der Waals surface area contributed by atoms with E-state index in [0.29, 0.717) is 5.92 Å². The summed E-state index contributed by atoms with van der Waals surface area (Å²) in [5.74, 6) is 0.429. The largest absolute Gasteiger partial charge is 0.315 e. The molecule has 1 aromatic heterocycles. The minimum Gasteiger partial charge on any atom is -0.315 e. The molecule has 0 spiro atoms. The molecular weight excluding hydrogens is 605 g/mol. The van der Waals surface area contributed by atoms with Crippen LogP contribution in [0, 0.1) is 0 Å². The fourth-order valence-electron chi connectivity index (χ4n) is 9.86. The van der Waals surface area contributed by atoms with Gasteiger partial charge in [0.2, 0.25) is 0 Å². The zero-order valence-corrected chi connectivity index (χ0v) is 29.6. The SMILES string of the molecule is CC1(C)C2=CC(c3ccc4c(c3)c3cccc5c3n4-c3ccccc3C5(C)C)=CCC2c2ccc(N(C3=CCCC=C3)C3=CC=CCC3)cc21. The molecular formula is C48H44N2. The van der Waals surface area contributed by atoms with Crippen molar-refractivity contribution in [2.24, 2.45) is 0 Å². The average molecular weight is 649 g/mol. The van der Waals surface area contributed by atoms with Gasteiger partial charge in [0.25, 0.3) is 0 Å². The Hall–Kier alpha value is -5.08. The molecule has 0 bridgehead atoms. The lowest BCUT2D eigenvalue weighted by Gasteiger charge is -2.34. The van der Waals surface area contributed by atoms with E-state index >= 15 is 0 Å². The summed E-state index contributed by atoms with van der Waals surface area (Å²) in [6, 6.07) is 30.4. The molecule has 2 heterocycles. The van der Waals surface area contributed by atoms with Crippen molar-refractivity contribution in [3.05, 3.63) is 172 Å². The van der Waals surface area contributed by atoms with Crippen molar-refractivity contribution >= 4 is 33.1 Å². The van der Waals surface area contributed by atoms with Crippen LogP contribution in [0.2, 0.25) is 0 Å². The zero-order valence-electron chi connectivity index (χ0n) is 29.6. The molecule has 0 fully saturated rings. The monoisotopic (exact) mass is 648 g/mol. The van der Waals surface area contributed by atoms with Crippen molar-refractivity contribution < 1.29 is 0 Å². The quantitative estimate of drug-likeness (QED) is 0.188. The third-order valence-electron chi connectivity index (χ3n) is 12.5. The molecule has 246 valence electrons. The molecule has 5 aromatic rings. The minimum atomic E-state index is -0.0537. The Bertz CT molecular complexity index is 2460. The van der Waals surface area contributed by atoms with Gasteiger partial charge in [-0.2, -0.15) is 0 Å². The Balaban J connectivity index is 1.06. The highest BCUT2D eigenvalue weighted by atomic mass is 15.2. The topological polar surface area (TPSA) is 8.17 Å². The van der Waals surface area contributed by atoms with Gasteiger partial charge in [-0.1, -0.05) is 118 Å².